The Morgan fingerprint density at radius 3 is 2.61 bits per heavy atom. The van der Waals surface area contributed by atoms with E-state index in [1.54, 1.807) is 36.1 Å². The first-order chi connectivity index (χ1) is 14.7. The van der Waals surface area contributed by atoms with Gasteiger partial charge in [0.05, 0.1) is 22.8 Å². The number of fused-ring (bicyclic) bond motifs is 1. The topological polar surface area (TPSA) is 92.8 Å². The van der Waals surface area contributed by atoms with Gasteiger partial charge in [-0.25, -0.2) is 8.42 Å². The Morgan fingerprint density at radius 1 is 1.23 bits per heavy atom. The van der Waals surface area contributed by atoms with Crippen molar-refractivity contribution in [1.29, 1.82) is 0 Å². The summed E-state index contributed by atoms with van der Waals surface area (Å²) in [6.45, 7) is 3.74. The van der Waals surface area contributed by atoms with Crippen molar-refractivity contribution in [3.63, 3.8) is 0 Å². The van der Waals surface area contributed by atoms with Crippen LogP contribution in [0.25, 0.3) is 0 Å². The summed E-state index contributed by atoms with van der Waals surface area (Å²) in [7, 11) is -2.17. The highest BCUT2D eigenvalue weighted by Gasteiger charge is 2.31. The van der Waals surface area contributed by atoms with Crippen molar-refractivity contribution in [3.8, 4) is 5.75 Å². The van der Waals surface area contributed by atoms with Crippen LogP contribution in [0.1, 0.15) is 32.3 Å². The molecule has 2 aromatic rings. The minimum atomic E-state index is -3.66. The molecule has 166 valence electrons. The number of carbonyl (C=O) groups excluding carboxylic acids is 2. The number of methoxy groups -OCH3 is 1. The van der Waals surface area contributed by atoms with Crippen molar-refractivity contribution in [2.75, 3.05) is 23.1 Å². The van der Waals surface area contributed by atoms with Crippen LogP contribution in [-0.2, 0) is 25.8 Å². The van der Waals surface area contributed by atoms with E-state index in [-0.39, 0.29) is 29.0 Å². The third-order valence-electron chi connectivity index (χ3n) is 5.23. The molecule has 0 saturated heterocycles. The van der Waals surface area contributed by atoms with Gasteiger partial charge >= 0.3 is 0 Å². The molecule has 7 nitrogen and oxygen atoms in total. The number of nitrogens with one attached hydrogen (secondary N) is 1. The molecule has 2 amide bonds. The SMILES string of the molecule is CCC(=O)N1c2ccc(S(=O)(=O)CCC(=O)Nc3ccc(OC)c(Cl)c3)cc2C[C@H]1C. The monoisotopic (exact) mass is 464 g/mol. The molecule has 2 aromatic carbocycles. The fourth-order valence-electron chi connectivity index (χ4n) is 3.66. The molecule has 0 fully saturated rings. The Hall–Kier alpha value is -2.58. The maximum Gasteiger partial charge on any atom is 0.226 e. The molecular weight excluding hydrogens is 440 g/mol. The third kappa shape index (κ3) is 5.02. The highest BCUT2D eigenvalue weighted by atomic mass is 35.5. The second-order valence-electron chi connectivity index (χ2n) is 7.43. The lowest BCUT2D eigenvalue weighted by molar-refractivity contribution is -0.118. The number of benzene rings is 2. The first-order valence-corrected chi connectivity index (χ1v) is 12.0. The zero-order chi connectivity index (χ0) is 22.8. The predicted octanol–water partition coefficient (Wildman–Crippen LogP) is 3.84. The Labute approximate surface area is 187 Å². The van der Waals surface area contributed by atoms with Crippen LogP contribution in [0, 0.1) is 0 Å². The fourth-order valence-corrected chi connectivity index (χ4v) is 5.21. The molecule has 1 aliphatic heterocycles. The summed E-state index contributed by atoms with van der Waals surface area (Å²) in [6.07, 6.45) is 0.793. The molecule has 3 rings (SSSR count). The van der Waals surface area contributed by atoms with Gasteiger partial charge in [-0.15, -0.1) is 0 Å². The molecule has 1 heterocycles. The second kappa shape index (κ2) is 9.28. The standard InChI is InChI=1S/C22H25ClN2O5S/c1-4-22(27)25-14(2)11-15-12-17(6-7-19(15)25)31(28,29)10-9-21(26)24-16-5-8-20(30-3)18(23)13-16/h5-8,12-14H,4,9-11H2,1-3H3,(H,24,26)/t14-/m1/s1. The smallest absolute Gasteiger partial charge is 0.226 e. The third-order valence-corrected chi connectivity index (χ3v) is 7.24. The summed E-state index contributed by atoms with van der Waals surface area (Å²) < 4.78 is 30.6. The van der Waals surface area contributed by atoms with Crippen molar-refractivity contribution in [2.24, 2.45) is 0 Å². The van der Waals surface area contributed by atoms with E-state index < -0.39 is 15.7 Å². The van der Waals surface area contributed by atoms with E-state index in [0.29, 0.717) is 29.3 Å². The van der Waals surface area contributed by atoms with Crippen molar-refractivity contribution >= 4 is 44.6 Å². The zero-order valence-corrected chi connectivity index (χ0v) is 19.2. The lowest BCUT2D eigenvalue weighted by atomic mass is 10.1. The van der Waals surface area contributed by atoms with Crippen molar-refractivity contribution in [3.05, 3.63) is 47.0 Å². The number of amides is 2. The van der Waals surface area contributed by atoms with E-state index in [1.807, 2.05) is 6.92 Å². The Bertz CT molecular complexity index is 1120. The molecule has 0 spiro atoms. The number of halogens is 1. The quantitative estimate of drug-likeness (QED) is 0.672. The number of ether oxygens (including phenoxy) is 1. The van der Waals surface area contributed by atoms with Gasteiger partial charge in [-0.1, -0.05) is 18.5 Å². The van der Waals surface area contributed by atoms with Gasteiger partial charge in [-0.2, -0.15) is 0 Å². The van der Waals surface area contributed by atoms with Gasteiger partial charge in [-0.3, -0.25) is 9.59 Å². The number of anilines is 2. The lowest BCUT2D eigenvalue weighted by Gasteiger charge is -2.22. The van der Waals surface area contributed by atoms with Crippen LogP contribution in [0.2, 0.25) is 5.02 Å². The van der Waals surface area contributed by atoms with Gasteiger partial charge < -0.3 is 15.0 Å². The van der Waals surface area contributed by atoms with Crippen molar-refractivity contribution < 1.29 is 22.7 Å². The summed E-state index contributed by atoms with van der Waals surface area (Å²) in [5.74, 6) is -0.266. The molecule has 0 bridgehead atoms. The molecule has 0 radical (unpaired) electrons. The van der Waals surface area contributed by atoms with Crippen LogP contribution in [-0.4, -0.2) is 39.1 Å². The van der Waals surface area contributed by atoms with Crippen LogP contribution in [0.5, 0.6) is 5.75 Å². The maximum absolute atomic E-state index is 12.8. The molecule has 31 heavy (non-hydrogen) atoms. The number of hydrogen-bond donors (Lipinski definition) is 1. The average molecular weight is 465 g/mol. The highest BCUT2D eigenvalue weighted by Crippen LogP contribution is 2.34. The lowest BCUT2D eigenvalue weighted by Crippen LogP contribution is -2.35. The van der Waals surface area contributed by atoms with E-state index in [9.17, 15) is 18.0 Å². The highest BCUT2D eigenvalue weighted by molar-refractivity contribution is 7.91. The summed E-state index contributed by atoms with van der Waals surface area (Å²) in [5, 5.41) is 2.99. The van der Waals surface area contributed by atoms with Crippen LogP contribution >= 0.6 is 11.6 Å². The number of sulfone groups is 1. The van der Waals surface area contributed by atoms with E-state index in [2.05, 4.69) is 5.32 Å². The summed E-state index contributed by atoms with van der Waals surface area (Å²) >= 11 is 6.04. The van der Waals surface area contributed by atoms with E-state index >= 15 is 0 Å². The van der Waals surface area contributed by atoms with Crippen molar-refractivity contribution in [1.82, 2.24) is 0 Å². The summed E-state index contributed by atoms with van der Waals surface area (Å²) in [4.78, 5) is 26.3. The molecule has 0 aliphatic carbocycles. The molecule has 0 saturated carbocycles. The van der Waals surface area contributed by atoms with Gasteiger partial charge in [0.1, 0.15) is 5.75 Å². The Balaban J connectivity index is 1.67. The van der Waals surface area contributed by atoms with Crippen LogP contribution in [0.4, 0.5) is 11.4 Å². The Morgan fingerprint density at radius 2 is 1.97 bits per heavy atom. The van der Waals surface area contributed by atoms with E-state index in [0.717, 1.165) is 11.3 Å². The molecule has 9 heteroatoms. The number of carbonyl (C=O) groups is 2. The first kappa shape index (κ1) is 23.1. The molecular formula is C22H25ClN2O5S. The zero-order valence-electron chi connectivity index (χ0n) is 17.6. The van der Waals surface area contributed by atoms with Gasteiger partial charge in [0.15, 0.2) is 9.84 Å². The minimum Gasteiger partial charge on any atom is -0.495 e. The Kier molecular flexibility index (Phi) is 6.91. The number of rotatable bonds is 7. The molecule has 0 aromatic heterocycles. The van der Waals surface area contributed by atoms with Crippen LogP contribution in [0.15, 0.2) is 41.3 Å². The van der Waals surface area contributed by atoms with E-state index in [1.165, 1.54) is 19.2 Å². The molecule has 0 unspecified atom stereocenters. The normalized spacial score (nSPS) is 15.5. The van der Waals surface area contributed by atoms with Gasteiger partial charge in [-0.05, 0) is 55.3 Å². The predicted molar refractivity (Wildman–Crippen MR) is 121 cm³/mol. The fraction of sp³-hybridized carbons (Fsp3) is 0.364. The maximum atomic E-state index is 12.8. The summed E-state index contributed by atoms with van der Waals surface area (Å²) in [5.41, 5.74) is 2.04. The van der Waals surface area contributed by atoms with E-state index in [4.69, 9.17) is 16.3 Å². The van der Waals surface area contributed by atoms with Gasteiger partial charge in [0.2, 0.25) is 11.8 Å². The molecule has 1 aliphatic rings. The number of nitrogens with zero attached hydrogens (tertiary/aromatic N) is 1. The second-order valence-corrected chi connectivity index (χ2v) is 9.94. The van der Waals surface area contributed by atoms with Crippen LogP contribution in [0.3, 0.4) is 0 Å². The van der Waals surface area contributed by atoms with Crippen molar-refractivity contribution in [2.45, 2.75) is 44.0 Å². The molecule has 1 N–H and O–H groups in total. The van der Waals surface area contributed by atoms with Gasteiger partial charge in [0.25, 0.3) is 0 Å². The first-order valence-electron chi connectivity index (χ1n) is 9.97. The largest absolute Gasteiger partial charge is 0.495 e. The minimum absolute atomic E-state index is 0.0113. The number of hydrogen-bond acceptors (Lipinski definition) is 5. The van der Waals surface area contributed by atoms with Gasteiger partial charge in [0, 0.05) is 30.3 Å². The average Bonchev–Trinajstić information content (AvgIpc) is 3.07. The summed E-state index contributed by atoms with van der Waals surface area (Å²) in [6, 6.07) is 9.57. The van der Waals surface area contributed by atoms with Crippen LogP contribution < -0.4 is 15.0 Å². The molecule has 1 atom stereocenters.